The highest BCUT2D eigenvalue weighted by Gasteiger charge is 2.36. The number of fused-ring (bicyclic) bond motifs is 1. The second-order valence-electron chi connectivity index (χ2n) is 12.0. The van der Waals surface area contributed by atoms with Crippen LogP contribution in [0.3, 0.4) is 0 Å². The summed E-state index contributed by atoms with van der Waals surface area (Å²) in [6.07, 6.45) is 0.172. The Balaban J connectivity index is 1.51. The minimum atomic E-state index is -1.37. The molecule has 5 rings (SSSR count). The second kappa shape index (κ2) is 10.1. The smallest absolute Gasteiger partial charge is 0.410 e. The van der Waals surface area contributed by atoms with Crippen molar-refractivity contribution in [3.63, 3.8) is 0 Å². The number of carbonyl (C=O) groups is 1. The Hall–Kier alpha value is -3.54. The fourth-order valence-corrected chi connectivity index (χ4v) is 4.83. The molecule has 1 amide bonds. The molecule has 0 spiro atoms. The van der Waals surface area contributed by atoms with Gasteiger partial charge in [0.15, 0.2) is 17.3 Å². The zero-order chi connectivity index (χ0) is 29.0. The third-order valence-electron chi connectivity index (χ3n) is 6.95. The van der Waals surface area contributed by atoms with Crippen molar-refractivity contribution in [1.82, 2.24) is 24.5 Å². The van der Waals surface area contributed by atoms with Crippen molar-refractivity contribution >= 4 is 17.6 Å². The monoisotopic (exact) mass is 558 g/mol. The fourth-order valence-electron chi connectivity index (χ4n) is 4.83. The molecular formula is C28H36F2N6O4. The van der Waals surface area contributed by atoms with Crippen LogP contribution in [-0.4, -0.2) is 73.7 Å². The Bertz CT molecular complexity index is 1430. The molecule has 0 radical (unpaired) electrons. The van der Waals surface area contributed by atoms with E-state index in [9.17, 15) is 14.3 Å². The van der Waals surface area contributed by atoms with Gasteiger partial charge in [0, 0.05) is 25.1 Å². The summed E-state index contributed by atoms with van der Waals surface area (Å²) in [5, 5.41) is 18.7. The molecule has 1 aliphatic heterocycles. The van der Waals surface area contributed by atoms with E-state index in [0.29, 0.717) is 28.5 Å². The lowest BCUT2D eigenvalue weighted by Gasteiger charge is -2.36. The molecule has 0 aromatic carbocycles. The predicted molar refractivity (Wildman–Crippen MR) is 145 cm³/mol. The van der Waals surface area contributed by atoms with E-state index in [1.54, 1.807) is 52.3 Å². The van der Waals surface area contributed by atoms with E-state index in [1.807, 2.05) is 0 Å². The van der Waals surface area contributed by atoms with Gasteiger partial charge in [-0.1, -0.05) is 0 Å². The molecule has 12 heteroatoms. The van der Waals surface area contributed by atoms with Crippen molar-refractivity contribution in [1.29, 1.82) is 0 Å². The van der Waals surface area contributed by atoms with Crippen molar-refractivity contribution in [3.05, 3.63) is 35.4 Å². The maximum atomic E-state index is 15.0. The van der Waals surface area contributed by atoms with Gasteiger partial charge in [-0.3, -0.25) is 0 Å². The van der Waals surface area contributed by atoms with E-state index < -0.39 is 35.3 Å². The van der Waals surface area contributed by atoms with Gasteiger partial charge in [0.1, 0.15) is 40.2 Å². The third-order valence-corrected chi connectivity index (χ3v) is 6.95. The van der Waals surface area contributed by atoms with Crippen molar-refractivity contribution in [2.24, 2.45) is 0 Å². The molecule has 3 aromatic rings. The van der Waals surface area contributed by atoms with Crippen LogP contribution < -0.4 is 10.1 Å². The number of halogens is 2. The molecule has 2 fully saturated rings. The SMILES string of the molecule is COc1cc2nc(C(C)(C)O)c(-c3ccc(F)c(N[C@H]4CN(C(=O)OC(C)(C)C)CC[C@@H]4F)n3)n2nc1C1CC1. The number of hydrogen-bond donors (Lipinski definition) is 2. The van der Waals surface area contributed by atoms with Crippen LogP contribution in [0.15, 0.2) is 18.2 Å². The maximum absolute atomic E-state index is 15.0. The zero-order valence-corrected chi connectivity index (χ0v) is 23.7. The van der Waals surface area contributed by atoms with Crippen LogP contribution in [0.5, 0.6) is 5.75 Å². The predicted octanol–water partition coefficient (Wildman–Crippen LogP) is 4.80. The molecule has 3 aromatic heterocycles. The van der Waals surface area contributed by atoms with Gasteiger partial charge in [-0.05, 0) is 66.0 Å². The van der Waals surface area contributed by atoms with Crippen LogP contribution in [0.4, 0.5) is 19.4 Å². The number of amides is 1. The van der Waals surface area contributed by atoms with Crippen LogP contribution in [0.25, 0.3) is 17.0 Å². The Labute approximate surface area is 231 Å². The lowest BCUT2D eigenvalue weighted by atomic mass is 10.0. The number of piperidine rings is 1. The van der Waals surface area contributed by atoms with Crippen LogP contribution in [0.1, 0.15) is 71.2 Å². The first kappa shape index (κ1) is 28.0. The summed E-state index contributed by atoms with van der Waals surface area (Å²) in [6, 6.07) is 3.56. The molecule has 1 aliphatic carbocycles. The summed E-state index contributed by atoms with van der Waals surface area (Å²) in [4.78, 5) is 23.1. The first-order valence-corrected chi connectivity index (χ1v) is 13.5. The number of alkyl halides is 1. The zero-order valence-electron chi connectivity index (χ0n) is 23.7. The molecule has 1 saturated carbocycles. The van der Waals surface area contributed by atoms with Gasteiger partial charge in [-0.25, -0.2) is 28.1 Å². The molecule has 1 saturated heterocycles. The largest absolute Gasteiger partial charge is 0.495 e. The van der Waals surface area contributed by atoms with Crippen molar-refractivity contribution in [2.75, 3.05) is 25.5 Å². The topological polar surface area (TPSA) is 114 Å². The fraction of sp³-hybridized carbons (Fsp3) is 0.571. The summed E-state index contributed by atoms with van der Waals surface area (Å²) < 4.78 is 42.6. The lowest BCUT2D eigenvalue weighted by molar-refractivity contribution is 0.0150. The van der Waals surface area contributed by atoms with Gasteiger partial charge in [0.05, 0.1) is 18.8 Å². The molecule has 40 heavy (non-hydrogen) atoms. The van der Waals surface area contributed by atoms with Crippen molar-refractivity contribution < 1.29 is 28.2 Å². The van der Waals surface area contributed by atoms with Crippen LogP contribution in [0.2, 0.25) is 0 Å². The van der Waals surface area contributed by atoms with E-state index in [-0.39, 0.29) is 31.2 Å². The van der Waals surface area contributed by atoms with Crippen LogP contribution >= 0.6 is 0 Å². The standard InChI is InChI=1S/C28H36F2N6O4/c1-27(2,3)40-26(37)35-12-11-16(29)19(14-35)32-25-17(30)9-10-18(31-25)23-24(28(4,5)38)33-21-13-20(39-6)22(15-7-8-15)34-36(21)23/h9-10,13,15-16,19,38H,7-8,11-12,14H2,1-6H3,(H,31,32)/t16-,19-/m0/s1. The van der Waals surface area contributed by atoms with Gasteiger partial charge < -0.3 is 24.8 Å². The summed E-state index contributed by atoms with van der Waals surface area (Å²) in [5.74, 6) is 0.0180. The molecular weight excluding hydrogens is 522 g/mol. The summed E-state index contributed by atoms with van der Waals surface area (Å²) >= 11 is 0. The summed E-state index contributed by atoms with van der Waals surface area (Å²) in [6.45, 7) is 8.65. The van der Waals surface area contributed by atoms with Crippen molar-refractivity contribution in [2.45, 2.75) is 83.2 Å². The number of hydrogen-bond acceptors (Lipinski definition) is 8. The molecule has 216 valence electrons. The molecule has 0 unspecified atom stereocenters. The number of ether oxygens (including phenoxy) is 2. The number of aromatic nitrogens is 4. The van der Waals surface area contributed by atoms with E-state index in [2.05, 4.69) is 15.3 Å². The molecule has 2 atom stereocenters. The number of rotatable bonds is 6. The van der Waals surface area contributed by atoms with Crippen LogP contribution in [0, 0.1) is 5.82 Å². The van der Waals surface area contributed by atoms with Gasteiger partial charge in [0.2, 0.25) is 0 Å². The van der Waals surface area contributed by atoms with E-state index in [0.717, 1.165) is 18.5 Å². The number of anilines is 1. The minimum Gasteiger partial charge on any atom is -0.495 e. The highest BCUT2D eigenvalue weighted by Crippen LogP contribution is 2.44. The van der Waals surface area contributed by atoms with Gasteiger partial charge >= 0.3 is 6.09 Å². The number of nitrogens with one attached hydrogen (secondary N) is 1. The average molecular weight is 559 g/mol. The number of aliphatic hydroxyl groups is 1. The van der Waals surface area contributed by atoms with E-state index >= 15 is 4.39 Å². The summed E-state index contributed by atoms with van der Waals surface area (Å²) in [7, 11) is 1.58. The highest BCUT2D eigenvalue weighted by atomic mass is 19.1. The minimum absolute atomic E-state index is 0.0158. The second-order valence-corrected chi connectivity index (χ2v) is 12.0. The number of pyridine rings is 1. The number of imidazole rings is 1. The number of carbonyl (C=O) groups excluding carboxylic acids is 1. The van der Waals surface area contributed by atoms with E-state index in [4.69, 9.17) is 14.6 Å². The summed E-state index contributed by atoms with van der Waals surface area (Å²) in [5.41, 5.74) is 0.143. The first-order chi connectivity index (χ1) is 18.7. The Kier molecular flexibility index (Phi) is 7.10. The molecule has 2 aliphatic rings. The van der Waals surface area contributed by atoms with Crippen molar-refractivity contribution in [3.8, 4) is 17.1 Å². The molecule has 0 bridgehead atoms. The number of nitrogens with zero attached hydrogens (tertiary/aromatic N) is 5. The third kappa shape index (κ3) is 5.67. The van der Waals surface area contributed by atoms with Crippen LogP contribution in [-0.2, 0) is 10.3 Å². The highest BCUT2D eigenvalue weighted by molar-refractivity contribution is 5.69. The number of methoxy groups -OCH3 is 1. The Morgan fingerprint density at radius 3 is 2.50 bits per heavy atom. The molecule has 4 heterocycles. The quantitative estimate of drug-likeness (QED) is 0.444. The first-order valence-electron chi connectivity index (χ1n) is 13.5. The lowest BCUT2D eigenvalue weighted by Crippen LogP contribution is -2.52. The van der Waals surface area contributed by atoms with Gasteiger partial charge in [-0.15, -0.1) is 0 Å². The van der Waals surface area contributed by atoms with Gasteiger partial charge in [0.25, 0.3) is 0 Å². The van der Waals surface area contributed by atoms with Gasteiger partial charge in [-0.2, -0.15) is 5.10 Å². The van der Waals surface area contributed by atoms with E-state index in [1.165, 1.54) is 17.0 Å². The Morgan fingerprint density at radius 2 is 1.88 bits per heavy atom. The maximum Gasteiger partial charge on any atom is 0.410 e. The number of likely N-dealkylation sites (tertiary alicyclic amines) is 1. The molecule has 10 nitrogen and oxygen atoms in total. The molecule has 2 N–H and O–H groups in total. The average Bonchev–Trinajstić information content (AvgIpc) is 3.64. The normalized spacial score (nSPS) is 20.1. The Morgan fingerprint density at radius 1 is 1.15 bits per heavy atom.